The van der Waals surface area contributed by atoms with Gasteiger partial charge in [0.25, 0.3) is 0 Å². The van der Waals surface area contributed by atoms with Crippen LogP contribution in [0, 0.1) is 5.92 Å². The van der Waals surface area contributed by atoms with Crippen molar-refractivity contribution in [3.05, 3.63) is 17.7 Å². The van der Waals surface area contributed by atoms with E-state index in [4.69, 9.17) is 19.9 Å². The Morgan fingerprint density at radius 1 is 1.17 bits per heavy atom. The Bertz CT molecular complexity index is 531. The van der Waals surface area contributed by atoms with Crippen molar-refractivity contribution in [3.63, 3.8) is 0 Å². The Labute approximate surface area is 137 Å². The third-order valence-corrected chi connectivity index (χ3v) is 4.30. The van der Waals surface area contributed by atoms with Gasteiger partial charge in [-0.15, -0.1) is 0 Å². The summed E-state index contributed by atoms with van der Waals surface area (Å²) in [6.45, 7) is 5.51. The van der Waals surface area contributed by atoms with Crippen molar-refractivity contribution in [2.24, 2.45) is 11.7 Å². The van der Waals surface area contributed by atoms with E-state index in [0.29, 0.717) is 23.7 Å². The summed E-state index contributed by atoms with van der Waals surface area (Å²) in [4.78, 5) is 11.3. The van der Waals surface area contributed by atoms with Gasteiger partial charge >= 0.3 is 5.97 Å². The fraction of sp³-hybridized carbons (Fsp3) is 0.588. The van der Waals surface area contributed by atoms with Crippen LogP contribution in [0.15, 0.2) is 12.1 Å². The number of benzene rings is 1. The molecule has 0 bridgehead atoms. The molecule has 0 amide bonds. The molecule has 0 aliphatic heterocycles. The molecule has 3 atom stereocenters. The zero-order chi connectivity index (χ0) is 17.8. The lowest BCUT2D eigenvalue weighted by Crippen LogP contribution is -2.46. The molecule has 6 heteroatoms. The van der Waals surface area contributed by atoms with Gasteiger partial charge in [0.15, 0.2) is 0 Å². The van der Waals surface area contributed by atoms with Gasteiger partial charge in [-0.1, -0.05) is 13.8 Å². The van der Waals surface area contributed by atoms with Crippen LogP contribution < -0.4 is 19.9 Å². The highest BCUT2D eigenvalue weighted by Gasteiger charge is 2.33. The molecule has 1 aromatic carbocycles. The number of aliphatic carboxylic acids is 1. The number of nitrogens with two attached hydrogens (primary N) is 1. The highest BCUT2D eigenvalue weighted by molar-refractivity contribution is 5.77. The Balaban J connectivity index is 3.20. The Morgan fingerprint density at radius 3 is 2.00 bits per heavy atom. The molecule has 23 heavy (non-hydrogen) atoms. The van der Waals surface area contributed by atoms with Crippen LogP contribution in [0.3, 0.4) is 0 Å². The average molecular weight is 325 g/mol. The summed E-state index contributed by atoms with van der Waals surface area (Å²) in [5.41, 5.74) is 5.48. The molecule has 0 saturated heterocycles. The maximum Gasteiger partial charge on any atom is 0.323 e. The van der Waals surface area contributed by atoms with Crippen molar-refractivity contribution < 1.29 is 24.1 Å². The van der Waals surface area contributed by atoms with Crippen LogP contribution in [0.4, 0.5) is 0 Å². The minimum absolute atomic E-state index is 0.00645. The molecule has 130 valence electrons. The van der Waals surface area contributed by atoms with Crippen LogP contribution in [0.5, 0.6) is 17.2 Å². The molecular weight excluding hydrogens is 298 g/mol. The Kier molecular flexibility index (Phi) is 6.27. The van der Waals surface area contributed by atoms with Crippen LogP contribution in [0.25, 0.3) is 0 Å². The monoisotopic (exact) mass is 325 g/mol. The van der Waals surface area contributed by atoms with Crippen molar-refractivity contribution in [2.45, 2.75) is 38.6 Å². The first kappa shape index (κ1) is 19.1. The van der Waals surface area contributed by atoms with Crippen LogP contribution in [-0.4, -0.2) is 37.9 Å². The maximum atomic E-state index is 11.3. The SMILES string of the molecule is COc1cc(OC)c(C(C)C(C)CC(C)(N)C(=O)O)c(OC)c1. The molecule has 0 radical (unpaired) electrons. The van der Waals surface area contributed by atoms with E-state index in [1.807, 2.05) is 13.8 Å². The molecule has 0 heterocycles. The molecule has 1 aromatic rings. The van der Waals surface area contributed by atoms with E-state index in [0.717, 1.165) is 5.56 Å². The molecule has 0 saturated carbocycles. The van der Waals surface area contributed by atoms with Crippen molar-refractivity contribution in [2.75, 3.05) is 21.3 Å². The van der Waals surface area contributed by atoms with E-state index in [1.54, 1.807) is 33.5 Å². The number of carboxylic acid groups (broad SMARTS) is 1. The lowest BCUT2D eigenvalue weighted by molar-refractivity contribution is -0.143. The van der Waals surface area contributed by atoms with Crippen LogP contribution >= 0.6 is 0 Å². The Morgan fingerprint density at radius 2 is 1.65 bits per heavy atom. The first-order chi connectivity index (χ1) is 10.7. The molecule has 0 aliphatic rings. The summed E-state index contributed by atoms with van der Waals surface area (Å²) in [6, 6.07) is 3.58. The second-order valence-corrected chi connectivity index (χ2v) is 6.14. The highest BCUT2D eigenvalue weighted by atomic mass is 16.5. The van der Waals surface area contributed by atoms with E-state index in [-0.39, 0.29) is 11.8 Å². The van der Waals surface area contributed by atoms with Crippen LogP contribution in [-0.2, 0) is 4.79 Å². The molecule has 0 aliphatic carbocycles. The first-order valence-corrected chi connectivity index (χ1v) is 7.50. The summed E-state index contributed by atoms with van der Waals surface area (Å²) < 4.78 is 16.2. The van der Waals surface area contributed by atoms with Gasteiger partial charge in [0.1, 0.15) is 22.8 Å². The van der Waals surface area contributed by atoms with Gasteiger partial charge in [-0.25, -0.2) is 0 Å². The largest absolute Gasteiger partial charge is 0.496 e. The predicted octanol–water partition coefficient (Wildman–Crippen LogP) is 2.64. The van der Waals surface area contributed by atoms with E-state index < -0.39 is 11.5 Å². The van der Waals surface area contributed by atoms with E-state index in [9.17, 15) is 9.90 Å². The predicted molar refractivity (Wildman–Crippen MR) is 88.5 cm³/mol. The van der Waals surface area contributed by atoms with E-state index in [2.05, 4.69) is 0 Å². The van der Waals surface area contributed by atoms with Gasteiger partial charge in [-0.3, -0.25) is 4.79 Å². The van der Waals surface area contributed by atoms with E-state index in [1.165, 1.54) is 6.92 Å². The minimum atomic E-state index is -1.28. The first-order valence-electron chi connectivity index (χ1n) is 7.50. The third kappa shape index (κ3) is 4.28. The van der Waals surface area contributed by atoms with Gasteiger partial charge in [-0.2, -0.15) is 0 Å². The lowest BCUT2D eigenvalue weighted by Gasteiger charge is -2.29. The molecule has 3 N–H and O–H groups in total. The zero-order valence-electron chi connectivity index (χ0n) is 14.7. The number of ether oxygens (including phenoxy) is 3. The fourth-order valence-electron chi connectivity index (χ4n) is 2.70. The van der Waals surface area contributed by atoms with Gasteiger partial charge < -0.3 is 25.1 Å². The minimum Gasteiger partial charge on any atom is -0.496 e. The molecule has 0 aromatic heterocycles. The third-order valence-electron chi connectivity index (χ3n) is 4.30. The molecule has 1 rings (SSSR count). The zero-order valence-corrected chi connectivity index (χ0v) is 14.7. The molecule has 0 fully saturated rings. The number of hydrogen-bond donors (Lipinski definition) is 2. The topological polar surface area (TPSA) is 91.0 Å². The maximum absolute atomic E-state index is 11.3. The van der Waals surface area contributed by atoms with Crippen molar-refractivity contribution in [3.8, 4) is 17.2 Å². The number of hydrogen-bond acceptors (Lipinski definition) is 5. The smallest absolute Gasteiger partial charge is 0.323 e. The summed E-state index contributed by atoms with van der Waals surface area (Å²) in [6.07, 6.45) is 0.335. The summed E-state index contributed by atoms with van der Waals surface area (Å²) in [7, 11) is 4.74. The summed E-state index contributed by atoms with van der Waals surface area (Å²) >= 11 is 0. The van der Waals surface area contributed by atoms with Crippen molar-refractivity contribution >= 4 is 5.97 Å². The summed E-state index contributed by atoms with van der Waals surface area (Å²) in [5, 5.41) is 9.22. The normalized spacial score (nSPS) is 16.1. The lowest BCUT2D eigenvalue weighted by atomic mass is 9.80. The number of carbonyl (C=O) groups is 1. The van der Waals surface area contributed by atoms with Crippen LogP contribution in [0.2, 0.25) is 0 Å². The second-order valence-electron chi connectivity index (χ2n) is 6.14. The summed E-state index contributed by atoms with van der Waals surface area (Å²) in [5.74, 6) is 0.927. The van der Waals surface area contributed by atoms with Crippen molar-refractivity contribution in [1.82, 2.24) is 0 Å². The van der Waals surface area contributed by atoms with Gasteiger partial charge in [0.2, 0.25) is 0 Å². The molecule has 6 nitrogen and oxygen atoms in total. The number of carboxylic acids is 1. The number of rotatable bonds is 8. The van der Waals surface area contributed by atoms with Gasteiger partial charge in [-0.05, 0) is 25.2 Å². The second kappa shape index (κ2) is 7.55. The van der Waals surface area contributed by atoms with Crippen molar-refractivity contribution in [1.29, 1.82) is 0 Å². The molecule has 3 unspecified atom stereocenters. The average Bonchev–Trinajstić information content (AvgIpc) is 2.51. The molecule has 0 spiro atoms. The molecular formula is C17H27NO5. The quantitative estimate of drug-likeness (QED) is 0.763. The number of methoxy groups -OCH3 is 3. The fourth-order valence-corrected chi connectivity index (χ4v) is 2.70. The van der Waals surface area contributed by atoms with E-state index >= 15 is 0 Å². The highest BCUT2D eigenvalue weighted by Crippen LogP contribution is 2.43. The standard InChI is InChI=1S/C17H27NO5/c1-10(9-17(3,18)16(19)20)11(2)15-13(22-5)7-12(21-4)8-14(15)23-6/h7-8,10-11H,9,18H2,1-6H3,(H,19,20). The van der Waals surface area contributed by atoms with Gasteiger partial charge in [0, 0.05) is 17.7 Å². The Hall–Kier alpha value is -1.95. The van der Waals surface area contributed by atoms with Gasteiger partial charge in [0.05, 0.1) is 21.3 Å². The van der Waals surface area contributed by atoms with Crippen LogP contribution in [0.1, 0.15) is 38.7 Å².